The summed E-state index contributed by atoms with van der Waals surface area (Å²) in [5.74, 6) is -0.161. The second kappa shape index (κ2) is 8.33. The minimum Gasteiger partial charge on any atom is -0.330 e. The number of hydrogen-bond donors (Lipinski definition) is 1. The molecule has 30 heavy (non-hydrogen) atoms. The van der Waals surface area contributed by atoms with Gasteiger partial charge in [-0.3, -0.25) is 14.6 Å². The largest absolute Gasteiger partial charge is 0.330 e. The van der Waals surface area contributed by atoms with Gasteiger partial charge in [-0.25, -0.2) is 0 Å². The molecule has 2 heterocycles. The van der Waals surface area contributed by atoms with Crippen molar-refractivity contribution in [3.05, 3.63) is 111 Å². The van der Waals surface area contributed by atoms with Gasteiger partial charge in [0.15, 0.2) is 0 Å². The topological polar surface area (TPSA) is 66.1 Å². The number of carbonyl (C=O) groups is 1. The molecule has 5 nitrogen and oxygen atoms in total. The van der Waals surface area contributed by atoms with Crippen LogP contribution in [0.3, 0.4) is 0 Å². The van der Waals surface area contributed by atoms with E-state index in [0.29, 0.717) is 17.7 Å². The van der Waals surface area contributed by atoms with Crippen LogP contribution in [0.1, 0.15) is 32.6 Å². The fraction of sp³-hybridized carbons (Fsp3) is 0.160. The van der Waals surface area contributed by atoms with E-state index in [1.165, 1.54) is 0 Å². The van der Waals surface area contributed by atoms with Crippen molar-refractivity contribution in [3.8, 4) is 0 Å². The number of benzene rings is 2. The van der Waals surface area contributed by atoms with Crippen molar-refractivity contribution in [2.24, 2.45) is 0 Å². The van der Waals surface area contributed by atoms with E-state index in [9.17, 15) is 9.59 Å². The number of aromatic amines is 1. The van der Waals surface area contributed by atoms with Crippen molar-refractivity contribution >= 4 is 16.8 Å². The lowest BCUT2D eigenvalue weighted by atomic mass is 10.0. The van der Waals surface area contributed by atoms with Gasteiger partial charge in [0.1, 0.15) is 0 Å². The van der Waals surface area contributed by atoms with Crippen LogP contribution in [-0.2, 0) is 13.1 Å². The molecule has 0 saturated heterocycles. The first-order valence-electron chi connectivity index (χ1n) is 9.88. The number of pyridine rings is 2. The normalized spacial score (nSPS) is 10.9. The lowest BCUT2D eigenvalue weighted by molar-refractivity contribution is 0.0729. The summed E-state index contributed by atoms with van der Waals surface area (Å²) in [7, 11) is 0. The van der Waals surface area contributed by atoms with Crippen LogP contribution in [-0.4, -0.2) is 20.8 Å². The molecule has 0 radical (unpaired) electrons. The van der Waals surface area contributed by atoms with Gasteiger partial charge in [-0.2, -0.15) is 0 Å². The average Bonchev–Trinajstić information content (AvgIpc) is 2.78. The maximum atomic E-state index is 13.2. The Bertz CT molecular complexity index is 1250. The fourth-order valence-corrected chi connectivity index (χ4v) is 3.57. The number of hydrogen-bond acceptors (Lipinski definition) is 3. The summed E-state index contributed by atoms with van der Waals surface area (Å²) in [6, 6.07) is 19.2. The van der Waals surface area contributed by atoms with Crippen LogP contribution >= 0.6 is 0 Å². The first-order valence-corrected chi connectivity index (χ1v) is 9.88. The zero-order valence-corrected chi connectivity index (χ0v) is 17.1. The Labute approximate surface area is 175 Å². The van der Waals surface area contributed by atoms with Crippen LogP contribution in [0.2, 0.25) is 0 Å². The van der Waals surface area contributed by atoms with Crippen LogP contribution < -0.4 is 5.56 Å². The van der Waals surface area contributed by atoms with Crippen molar-refractivity contribution in [2.75, 3.05) is 0 Å². The van der Waals surface area contributed by atoms with E-state index in [4.69, 9.17) is 0 Å². The smallest absolute Gasteiger partial charge is 0.256 e. The summed E-state index contributed by atoms with van der Waals surface area (Å²) < 4.78 is 0. The van der Waals surface area contributed by atoms with E-state index in [2.05, 4.69) is 9.97 Å². The Hall–Kier alpha value is -3.73. The molecule has 0 unspecified atom stereocenters. The molecule has 4 aromatic rings. The van der Waals surface area contributed by atoms with Crippen molar-refractivity contribution in [3.63, 3.8) is 0 Å². The highest BCUT2D eigenvalue weighted by atomic mass is 16.2. The lowest BCUT2D eigenvalue weighted by Gasteiger charge is -2.23. The molecule has 2 aromatic heterocycles. The zero-order chi connectivity index (χ0) is 21.1. The molecule has 0 fully saturated rings. The van der Waals surface area contributed by atoms with E-state index in [0.717, 1.165) is 27.6 Å². The predicted octanol–water partition coefficient (Wildman–Crippen LogP) is 4.38. The number of nitrogens with zero attached hydrogens (tertiary/aromatic N) is 2. The SMILES string of the molecule is Cc1ccc2cc(CN(Cc3ccccc3)C(=O)c3cccnc3)c(=O)[nH]c2c1C. The molecule has 150 valence electrons. The van der Waals surface area contributed by atoms with E-state index in [1.54, 1.807) is 29.4 Å². The number of H-pyrrole nitrogens is 1. The Kier molecular flexibility index (Phi) is 5.44. The molecule has 0 saturated carbocycles. The summed E-state index contributed by atoms with van der Waals surface area (Å²) >= 11 is 0. The first-order chi connectivity index (χ1) is 14.5. The van der Waals surface area contributed by atoms with Gasteiger partial charge < -0.3 is 9.88 Å². The van der Waals surface area contributed by atoms with Crippen molar-refractivity contribution in [1.29, 1.82) is 0 Å². The zero-order valence-electron chi connectivity index (χ0n) is 17.1. The minimum absolute atomic E-state index is 0.161. The highest BCUT2D eigenvalue weighted by Crippen LogP contribution is 2.20. The van der Waals surface area contributed by atoms with Crippen molar-refractivity contribution < 1.29 is 4.79 Å². The number of nitrogens with one attached hydrogen (secondary N) is 1. The number of carbonyl (C=O) groups excluding carboxylic acids is 1. The third-order valence-electron chi connectivity index (χ3n) is 5.40. The van der Waals surface area contributed by atoms with Gasteiger partial charge in [0.05, 0.1) is 17.6 Å². The molecule has 0 bridgehead atoms. The summed E-state index contributed by atoms with van der Waals surface area (Å²) in [5.41, 5.74) is 4.91. The molecule has 0 atom stereocenters. The third kappa shape index (κ3) is 4.01. The molecule has 1 N–H and O–H groups in total. The molecular weight excluding hydrogens is 374 g/mol. The number of amides is 1. The second-order valence-electron chi connectivity index (χ2n) is 7.48. The van der Waals surface area contributed by atoms with E-state index >= 15 is 0 Å². The molecule has 0 aliphatic heterocycles. The van der Waals surface area contributed by atoms with Crippen LogP contribution in [0.4, 0.5) is 0 Å². The van der Waals surface area contributed by atoms with Crippen LogP contribution in [0.25, 0.3) is 10.9 Å². The molecule has 2 aromatic carbocycles. The Morgan fingerprint density at radius 3 is 2.53 bits per heavy atom. The van der Waals surface area contributed by atoms with Crippen molar-refractivity contribution in [1.82, 2.24) is 14.9 Å². The van der Waals surface area contributed by atoms with Gasteiger partial charge in [0, 0.05) is 24.5 Å². The molecule has 1 amide bonds. The fourth-order valence-electron chi connectivity index (χ4n) is 3.57. The summed E-state index contributed by atoms with van der Waals surface area (Å²) in [4.78, 5) is 34.8. The van der Waals surface area contributed by atoms with Gasteiger partial charge in [0.2, 0.25) is 0 Å². The van der Waals surface area contributed by atoms with Gasteiger partial charge in [-0.05, 0) is 54.1 Å². The monoisotopic (exact) mass is 397 g/mol. The average molecular weight is 397 g/mol. The molecule has 5 heteroatoms. The number of aryl methyl sites for hydroxylation is 2. The molecule has 0 aliphatic carbocycles. The molecule has 0 spiro atoms. The summed E-state index contributed by atoms with van der Waals surface area (Å²) in [5, 5.41) is 0.959. The Morgan fingerprint density at radius 2 is 1.80 bits per heavy atom. The Balaban J connectivity index is 1.72. The van der Waals surface area contributed by atoms with Gasteiger partial charge in [-0.1, -0.05) is 42.5 Å². The van der Waals surface area contributed by atoms with Gasteiger partial charge in [0.25, 0.3) is 11.5 Å². The van der Waals surface area contributed by atoms with Gasteiger partial charge in [-0.15, -0.1) is 0 Å². The number of rotatable bonds is 5. The second-order valence-corrected chi connectivity index (χ2v) is 7.48. The molecular formula is C25H23N3O2. The van der Waals surface area contributed by atoms with Crippen LogP contribution in [0.5, 0.6) is 0 Å². The summed E-state index contributed by atoms with van der Waals surface area (Å²) in [6.45, 7) is 4.63. The molecule has 4 rings (SSSR count). The van der Waals surface area contributed by atoms with Crippen molar-refractivity contribution in [2.45, 2.75) is 26.9 Å². The molecule has 0 aliphatic rings. The highest BCUT2D eigenvalue weighted by molar-refractivity contribution is 5.94. The Morgan fingerprint density at radius 1 is 1.00 bits per heavy atom. The van der Waals surface area contributed by atoms with Crippen LogP contribution in [0, 0.1) is 13.8 Å². The number of fused-ring (bicyclic) bond motifs is 1. The predicted molar refractivity (Wildman–Crippen MR) is 118 cm³/mol. The maximum absolute atomic E-state index is 13.2. The lowest BCUT2D eigenvalue weighted by Crippen LogP contribution is -2.32. The standard InChI is InChI=1S/C25H23N3O2/c1-17-10-11-20-13-22(24(29)27-23(20)18(17)2)16-28(15-19-7-4-3-5-8-19)25(30)21-9-6-12-26-14-21/h3-14H,15-16H2,1-2H3,(H,27,29). The van der Waals surface area contributed by atoms with E-state index in [-0.39, 0.29) is 18.0 Å². The quantitative estimate of drug-likeness (QED) is 0.543. The highest BCUT2D eigenvalue weighted by Gasteiger charge is 2.19. The van der Waals surface area contributed by atoms with E-state index < -0.39 is 0 Å². The van der Waals surface area contributed by atoms with Gasteiger partial charge >= 0.3 is 0 Å². The van der Waals surface area contributed by atoms with Crippen LogP contribution in [0.15, 0.2) is 77.9 Å². The maximum Gasteiger partial charge on any atom is 0.256 e. The van der Waals surface area contributed by atoms with E-state index in [1.807, 2.05) is 62.4 Å². The summed E-state index contributed by atoms with van der Waals surface area (Å²) in [6.07, 6.45) is 3.19. The third-order valence-corrected chi connectivity index (χ3v) is 5.40. The first kappa shape index (κ1) is 19.6. The minimum atomic E-state index is -0.173. The number of aromatic nitrogens is 2.